The molecule has 2 unspecified atom stereocenters. The molecule has 1 heterocycles. The molecule has 0 N–H and O–H groups in total. The predicted molar refractivity (Wildman–Crippen MR) is 47.3 cm³/mol. The van der Waals surface area contributed by atoms with Crippen LogP contribution in [0.4, 0.5) is 0 Å². The summed E-state index contributed by atoms with van der Waals surface area (Å²) in [6.07, 6.45) is 8.11. The van der Waals surface area contributed by atoms with Crippen molar-refractivity contribution in [2.75, 3.05) is 13.1 Å². The normalized spacial score (nSPS) is 40.1. The fraction of sp³-hybridized carbons (Fsp3) is 0.900. The number of rotatable bonds is 1. The Morgan fingerprint density at radius 3 is 2.82 bits per heavy atom. The van der Waals surface area contributed by atoms with Crippen molar-refractivity contribution in [3.8, 4) is 0 Å². The molecule has 0 aromatic carbocycles. The van der Waals surface area contributed by atoms with Gasteiger partial charge in [0.15, 0.2) is 0 Å². The third-order valence-electron chi connectivity index (χ3n) is 3.17. The first-order chi connectivity index (χ1) is 5.36. The van der Waals surface area contributed by atoms with E-state index in [9.17, 15) is 0 Å². The first-order valence-electron chi connectivity index (χ1n) is 4.92. The Hall–Kier alpha value is -0.0400. The summed E-state index contributed by atoms with van der Waals surface area (Å²) in [5.41, 5.74) is 0. The highest BCUT2D eigenvalue weighted by atomic mass is 15.2. The van der Waals surface area contributed by atoms with E-state index in [-0.39, 0.29) is 0 Å². The van der Waals surface area contributed by atoms with Gasteiger partial charge in [-0.15, -0.1) is 0 Å². The highest BCUT2D eigenvalue weighted by Gasteiger charge is 2.28. The van der Waals surface area contributed by atoms with Gasteiger partial charge in [-0.1, -0.05) is 6.92 Å². The van der Waals surface area contributed by atoms with Crippen LogP contribution in [0.2, 0.25) is 0 Å². The third-order valence-corrected chi connectivity index (χ3v) is 3.17. The van der Waals surface area contributed by atoms with Crippen LogP contribution < -0.4 is 0 Å². The predicted octanol–water partition coefficient (Wildman–Crippen LogP) is 2.08. The van der Waals surface area contributed by atoms with Crippen molar-refractivity contribution in [2.45, 2.75) is 38.6 Å². The second-order valence-electron chi connectivity index (χ2n) is 4.14. The van der Waals surface area contributed by atoms with Gasteiger partial charge in [-0.05, 0) is 44.6 Å². The van der Waals surface area contributed by atoms with Gasteiger partial charge in [-0.3, -0.25) is 0 Å². The number of hydrogen-bond acceptors (Lipinski definition) is 1. The maximum atomic E-state index is 2.66. The molecule has 1 aliphatic carbocycles. The summed E-state index contributed by atoms with van der Waals surface area (Å²) in [6, 6.07) is 0.934. The van der Waals surface area contributed by atoms with Gasteiger partial charge in [0.25, 0.3) is 0 Å². The molecular weight excluding hydrogens is 134 g/mol. The first-order valence-corrected chi connectivity index (χ1v) is 4.92. The minimum absolute atomic E-state index is 0.934. The maximum Gasteiger partial charge on any atom is 0.00980 e. The SMILES string of the molecule is CC1CCC(N2C[CH]CC2)C1. The minimum atomic E-state index is 0.934. The van der Waals surface area contributed by atoms with Crippen LogP contribution in [0.1, 0.15) is 32.6 Å². The highest BCUT2D eigenvalue weighted by Crippen LogP contribution is 2.30. The maximum absolute atomic E-state index is 2.66. The monoisotopic (exact) mass is 152 g/mol. The Morgan fingerprint density at radius 1 is 1.36 bits per heavy atom. The molecule has 2 rings (SSSR count). The lowest BCUT2D eigenvalue weighted by atomic mass is 10.1. The van der Waals surface area contributed by atoms with Crippen LogP contribution in [0.25, 0.3) is 0 Å². The molecule has 0 aromatic heterocycles. The zero-order chi connectivity index (χ0) is 7.68. The summed E-state index contributed by atoms with van der Waals surface area (Å²) in [5.74, 6) is 0.987. The molecule has 1 radical (unpaired) electrons. The molecule has 11 heavy (non-hydrogen) atoms. The molecular formula is C10H18N. The molecule has 1 saturated heterocycles. The van der Waals surface area contributed by atoms with Gasteiger partial charge in [0, 0.05) is 12.6 Å². The van der Waals surface area contributed by atoms with Crippen molar-refractivity contribution in [2.24, 2.45) is 5.92 Å². The van der Waals surface area contributed by atoms with Crippen LogP contribution in [0.3, 0.4) is 0 Å². The van der Waals surface area contributed by atoms with Gasteiger partial charge < -0.3 is 4.90 Å². The molecule has 1 heteroatoms. The van der Waals surface area contributed by atoms with Crippen molar-refractivity contribution >= 4 is 0 Å². The van der Waals surface area contributed by atoms with Gasteiger partial charge in [0.1, 0.15) is 0 Å². The van der Waals surface area contributed by atoms with E-state index < -0.39 is 0 Å². The molecule has 0 bridgehead atoms. The molecule has 2 fully saturated rings. The quantitative estimate of drug-likeness (QED) is 0.556. The average molecular weight is 152 g/mol. The summed E-state index contributed by atoms with van der Waals surface area (Å²) in [6.45, 7) is 4.98. The van der Waals surface area contributed by atoms with E-state index in [4.69, 9.17) is 0 Å². The van der Waals surface area contributed by atoms with Crippen LogP contribution in [-0.2, 0) is 0 Å². The lowest BCUT2D eigenvalue weighted by Gasteiger charge is -2.22. The Labute approximate surface area is 69.8 Å². The zero-order valence-corrected chi connectivity index (χ0v) is 7.42. The lowest BCUT2D eigenvalue weighted by molar-refractivity contribution is 0.246. The summed E-state index contributed by atoms with van der Waals surface area (Å²) < 4.78 is 0. The Kier molecular flexibility index (Phi) is 2.17. The standard InChI is InChI=1S/C10H18N/c1-9-4-5-10(8-9)11-6-2-3-7-11/h2,9-10H,3-8H2,1H3. The van der Waals surface area contributed by atoms with Crippen molar-refractivity contribution in [3.63, 3.8) is 0 Å². The van der Waals surface area contributed by atoms with E-state index in [0.717, 1.165) is 12.0 Å². The summed E-state index contributed by atoms with van der Waals surface area (Å²) >= 11 is 0. The van der Waals surface area contributed by atoms with E-state index in [1.165, 1.54) is 38.8 Å². The fourth-order valence-electron chi connectivity index (χ4n) is 2.45. The number of nitrogens with zero attached hydrogens (tertiary/aromatic N) is 1. The summed E-state index contributed by atoms with van der Waals surface area (Å²) in [7, 11) is 0. The topological polar surface area (TPSA) is 3.24 Å². The average Bonchev–Trinajstić information content (AvgIpc) is 2.55. The molecule has 63 valence electrons. The second-order valence-corrected chi connectivity index (χ2v) is 4.14. The molecule has 2 atom stereocenters. The fourth-order valence-corrected chi connectivity index (χ4v) is 2.45. The molecule has 1 saturated carbocycles. The van der Waals surface area contributed by atoms with Crippen LogP contribution in [0.15, 0.2) is 0 Å². The molecule has 2 aliphatic rings. The molecule has 0 amide bonds. The molecule has 0 spiro atoms. The van der Waals surface area contributed by atoms with E-state index in [0.29, 0.717) is 0 Å². The number of likely N-dealkylation sites (tertiary alicyclic amines) is 1. The van der Waals surface area contributed by atoms with E-state index in [1.54, 1.807) is 0 Å². The van der Waals surface area contributed by atoms with E-state index in [2.05, 4.69) is 18.2 Å². The van der Waals surface area contributed by atoms with Crippen LogP contribution in [0, 0.1) is 12.3 Å². The van der Waals surface area contributed by atoms with Gasteiger partial charge in [-0.25, -0.2) is 0 Å². The lowest BCUT2D eigenvalue weighted by Crippen LogP contribution is -2.30. The summed E-state index contributed by atoms with van der Waals surface area (Å²) in [4.78, 5) is 2.66. The molecule has 0 aromatic rings. The molecule has 1 aliphatic heterocycles. The van der Waals surface area contributed by atoms with E-state index in [1.807, 2.05) is 0 Å². The first kappa shape index (κ1) is 7.60. The van der Waals surface area contributed by atoms with Gasteiger partial charge in [0.05, 0.1) is 0 Å². The van der Waals surface area contributed by atoms with E-state index >= 15 is 0 Å². The van der Waals surface area contributed by atoms with Crippen LogP contribution in [-0.4, -0.2) is 24.0 Å². The van der Waals surface area contributed by atoms with Crippen molar-refractivity contribution < 1.29 is 0 Å². The largest absolute Gasteiger partial charge is 0.300 e. The van der Waals surface area contributed by atoms with Gasteiger partial charge >= 0.3 is 0 Å². The van der Waals surface area contributed by atoms with Crippen molar-refractivity contribution in [1.29, 1.82) is 0 Å². The Morgan fingerprint density at radius 2 is 2.27 bits per heavy atom. The summed E-state index contributed by atoms with van der Waals surface area (Å²) in [5, 5.41) is 0. The smallest absolute Gasteiger partial charge is 0.00980 e. The van der Waals surface area contributed by atoms with Crippen molar-refractivity contribution in [1.82, 2.24) is 4.90 Å². The molecule has 1 nitrogen and oxygen atoms in total. The van der Waals surface area contributed by atoms with Gasteiger partial charge in [-0.2, -0.15) is 0 Å². The van der Waals surface area contributed by atoms with Crippen LogP contribution >= 0.6 is 0 Å². The minimum Gasteiger partial charge on any atom is -0.300 e. The van der Waals surface area contributed by atoms with Crippen LogP contribution in [0.5, 0.6) is 0 Å². The third kappa shape index (κ3) is 1.58. The zero-order valence-electron chi connectivity index (χ0n) is 7.42. The number of hydrogen-bond donors (Lipinski definition) is 0. The van der Waals surface area contributed by atoms with Gasteiger partial charge in [0.2, 0.25) is 0 Å². The second kappa shape index (κ2) is 3.14. The van der Waals surface area contributed by atoms with Crippen molar-refractivity contribution in [3.05, 3.63) is 6.42 Å². The Balaban J connectivity index is 1.85. The Bertz CT molecular complexity index is 127. The highest BCUT2D eigenvalue weighted by molar-refractivity contribution is 4.89.